The highest BCUT2D eigenvalue weighted by atomic mass is 35.5. The first-order valence-electron chi connectivity index (χ1n) is 6.39. The van der Waals surface area contributed by atoms with Gasteiger partial charge in [0, 0.05) is 30.1 Å². The number of halogens is 2. The van der Waals surface area contributed by atoms with E-state index in [1.165, 1.54) is 18.2 Å². The zero-order valence-electron chi connectivity index (χ0n) is 11.4. The molecule has 0 saturated carbocycles. The highest BCUT2D eigenvalue weighted by Gasteiger charge is 2.09. The number of ether oxygens (including phenoxy) is 1. The van der Waals surface area contributed by atoms with Gasteiger partial charge in [-0.1, -0.05) is 18.5 Å². The van der Waals surface area contributed by atoms with Crippen molar-refractivity contribution in [2.75, 3.05) is 6.54 Å². The molecule has 20 heavy (non-hydrogen) atoms. The molecule has 0 aliphatic carbocycles. The van der Waals surface area contributed by atoms with Gasteiger partial charge >= 0.3 is 0 Å². The van der Waals surface area contributed by atoms with Crippen molar-refractivity contribution in [3.8, 4) is 11.5 Å². The molecule has 0 saturated heterocycles. The van der Waals surface area contributed by atoms with Crippen LogP contribution in [0.3, 0.4) is 0 Å². The second-order valence-corrected chi connectivity index (χ2v) is 4.80. The van der Waals surface area contributed by atoms with Crippen LogP contribution in [0.1, 0.15) is 18.2 Å². The molecule has 2 aromatic rings. The van der Waals surface area contributed by atoms with Crippen molar-refractivity contribution >= 4 is 11.6 Å². The summed E-state index contributed by atoms with van der Waals surface area (Å²) in [5.74, 6) is 0.713. The van der Waals surface area contributed by atoms with Gasteiger partial charge in [0.1, 0.15) is 17.3 Å². The number of benzene rings is 1. The molecule has 0 spiro atoms. The maximum atomic E-state index is 13.0. The van der Waals surface area contributed by atoms with E-state index in [1.54, 1.807) is 6.20 Å². The van der Waals surface area contributed by atoms with Crippen LogP contribution in [0.25, 0.3) is 0 Å². The summed E-state index contributed by atoms with van der Waals surface area (Å²) in [6, 6.07) is 5.91. The number of pyridine rings is 1. The lowest BCUT2D eigenvalue weighted by Crippen LogP contribution is -2.12. The minimum atomic E-state index is -0.388. The molecule has 0 aliphatic heterocycles. The van der Waals surface area contributed by atoms with Gasteiger partial charge in [-0.05, 0) is 31.7 Å². The van der Waals surface area contributed by atoms with Crippen LogP contribution in [0.15, 0.2) is 30.5 Å². The Kier molecular flexibility index (Phi) is 4.93. The number of nitrogens with zero attached hydrogens (tertiary/aromatic N) is 1. The van der Waals surface area contributed by atoms with E-state index >= 15 is 0 Å². The Bertz CT molecular complexity index is 604. The standard InChI is InChI=1S/C15H16ClFN2O/c1-3-18-8-11-9-19-10(2)6-15(11)20-14-5-4-12(17)7-13(14)16/h4-7,9,18H,3,8H2,1-2H3. The quantitative estimate of drug-likeness (QED) is 0.902. The minimum absolute atomic E-state index is 0.244. The first-order chi connectivity index (χ1) is 9.60. The molecule has 3 nitrogen and oxygen atoms in total. The van der Waals surface area contributed by atoms with Gasteiger partial charge in [0.25, 0.3) is 0 Å². The lowest BCUT2D eigenvalue weighted by atomic mass is 10.2. The van der Waals surface area contributed by atoms with Crippen molar-refractivity contribution in [2.24, 2.45) is 0 Å². The summed E-state index contributed by atoms with van der Waals surface area (Å²) in [6.45, 7) is 5.41. The SMILES string of the molecule is CCNCc1cnc(C)cc1Oc1ccc(F)cc1Cl. The Morgan fingerprint density at radius 3 is 2.80 bits per heavy atom. The minimum Gasteiger partial charge on any atom is -0.455 e. The van der Waals surface area contributed by atoms with Crippen molar-refractivity contribution in [3.63, 3.8) is 0 Å². The van der Waals surface area contributed by atoms with Gasteiger partial charge in [-0.25, -0.2) is 4.39 Å². The summed E-state index contributed by atoms with van der Waals surface area (Å²) in [7, 11) is 0. The summed E-state index contributed by atoms with van der Waals surface area (Å²) in [6.07, 6.45) is 1.77. The smallest absolute Gasteiger partial charge is 0.146 e. The van der Waals surface area contributed by atoms with E-state index in [9.17, 15) is 4.39 Å². The lowest BCUT2D eigenvalue weighted by molar-refractivity contribution is 0.470. The van der Waals surface area contributed by atoms with Crippen molar-refractivity contribution in [1.82, 2.24) is 10.3 Å². The number of rotatable bonds is 5. The Hall–Kier alpha value is -1.65. The average molecular weight is 295 g/mol. The van der Waals surface area contributed by atoms with Crippen molar-refractivity contribution in [3.05, 3.63) is 52.6 Å². The first kappa shape index (κ1) is 14.8. The van der Waals surface area contributed by atoms with Crippen LogP contribution in [0.5, 0.6) is 11.5 Å². The van der Waals surface area contributed by atoms with E-state index in [4.69, 9.17) is 16.3 Å². The summed E-state index contributed by atoms with van der Waals surface area (Å²) in [5, 5.41) is 3.47. The Balaban J connectivity index is 2.29. The fourth-order valence-corrected chi connectivity index (χ4v) is 1.93. The van der Waals surface area contributed by atoms with E-state index in [1.807, 2.05) is 19.9 Å². The van der Waals surface area contributed by atoms with Crippen LogP contribution in [0.2, 0.25) is 5.02 Å². The zero-order valence-corrected chi connectivity index (χ0v) is 12.2. The molecule has 0 radical (unpaired) electrons. The predicted molar refractivity (Wildman–Crippen MR) is 77.8 cm³/mol. The summed E-state index contributed by atoms with van der Waals surface area (Å²) in [4.78, 5) is 4.26. The molecule has 0 fully saturated rings. The van der Waals surface area contributed by atoms with Crippen molar-refractivity contribution < 1.29 is 9.13 Å². The molecule has 1 heterocycles. The normalized spacial score (nSPS) is 10.6. The molecule has 0 bridgehead atoms. The van der Waals surface area contributed by atoms with Gasteiger partial charge in [-0.15, -0.1) is 0 Å². The predicted octanol–water partition coefficient (Wildman–Crippen LogP) is 4.08. The molecular weight excluding hydrogens is 279 g/mol. The molecule has 2 rings (SSSR count). The molecule has 5 heteroatoms. The summed E-state index contributed by atoms with van der Waals surface area (Å²) >= 11 is 5.98. The fourth-order valence-electron chi connectivity index (χ4n) is 1.73. The molecule has 0 unspecified atom stereocenters. The number of aromatic nitrogens is 1. The van der Waals surface area contributed by atoms with Gasteiger partial charge in [0.15, 0.2) is 0 Å². The number of hydrogen-bond donors (Lipinski definition) is 1. The molecule has 0 aliphatic rings. The topological polar surface area (TPSA) is 34.2 Å². The Labute approximate surface area is 122 Å². The van der Waals surface area contributed by atoms with Crippen LogP contribution >= 0.6 is 11.6 Å². The molecule has 1 N–H and O–H groups in total. The van der Waals surface area contributed by atoms with Gasteiger partial charge in [0.05, 0.1) is 5.02 Å². The third-order valence-corrected chi connectivity index (χ3v) is 3.06. The lowest BCUT2D eigenvalue weighted by Gasteiger charge is -2.13. The van der Waals surface area contributed by atoms with E-state index < -0.39 is 0 Å². The molecular formula is C15H16ClFN2O. The zero-order chi connectivity index (χ0) is 14.5. The number of aryl methyl sites for hydroxylation is 1. The first-order valence-corrected chi connectivity index (χ1v) is 6.77. The second-order valence-electron chi connectivity index (χ2n) is 4.39. The fraction of sp³-hybridized carbons (Fsp3) is 0.267. The van der Waals surface area contributed by atoms with Crippen LogP contribution in [0.4, 0.5) is 4.39 Å². The molecule has 106 valence electrons. The van der Waals surface area contributed by atoms with Gasteiger partial charge in [-0.3, -0.25) is 4.98 Å². The van der Waals surface area contributed by atoms with Crippen molar-refractivity contribution in [1.29, 1.82) is 0 Å². The van der Waals surface area contributed by atoms with Gasteiger partial charge in [-0.2, -0.15) is 0 Å². The third kappa shape index (κ3) is 3.68. The van der Waals surface area contributed by atoms with Gasteiger partial charge < -0.3 is 10.1 Å². The van der Waals surface area contributed by atoms with Crippen LogP contribution in [0, 0.1) is 12.7 Å². The van der Waals surface area contributed by atoms with Crippen LogP contribution in [-0.2, 0) is 6.54 Å². The van der Waals surface area contributed by atoms with Gasteiger partial charge in [0.2, 0.25) is 0 Å². The molecule has 1 aromatic carbocycles. The Morgan fingerprint density at radius 1 is 1.30 bits per heavy atom. The van der Waals surface area contributed by atoms with Crippen molar-refractivity contribution in [2.45, 2.75) is 20.4 Å². The second kappa shape index (κ2) is 6.68. The van der Waals surface area contributed by atoms with E-state index in [2.05, 4.69) is 10.3 Å². The molecule has 1 aromatic heterocycles. The highest BCUT2D eigenvalue weighted by Crippen LogP contribution is 2.31. The molecule has 0 amide bonds. The van der Waals surface area contributed by atoms with E-state index in [0.29, 0.717) is 18.0 Å². The third-order valence-electron chi connectivity index (χ3n) is 2.76. The van der Waals surface area contributed by atoms with E-state index in [0.717, 1.165) is 17.8 Å². The monoisotopic (exact) mass is 294 g/mol. The molecule has 0 atom stereocenters. The van der Waals surface area contributed by atoms with E-state index in [-0.39, 0.29) is 10.8 Å². The average Bonchev–Trinajstić information content (AvgIpc) is 2.41. The summed E-state index contributed by atoms with van der Waals surface area (Å²) in [5.41, 5.74) is 1.77. The number of nitrogens with one attached hydrogen (secondary N) is 1. The highest BCUT2D eigenvalue weighted by molar-refractivity contribution is 6.32. The maximum Gasteiger partial charge on any atom is 0.146 e. The van der Waals surface area contributed by atoms with Crippen LogP contribution < -0.4 is 10.1 Å². The summed E-state index contributed by atoms with van der Waals surface area (Å²) < 4.78 is 18.8. The number of hydrogen-bond acceptors (Lipinski definition) is 3. The largest absolute Gasteiger partial charge is 0.455 e. The maximum absolute atomic E-state index is 13.0. The van der Waals surface area contributed by atoms with Crippen LogP contribution in [-0.4, -0.2) is 11.5 Å². The Morgan fingerprint density at radius 2 is 2.10 bits per heavy atom.